The molecule has 0 fully saturated rings. The molecule has 0 aliphatic heterocycles. The summed E-state index contributed by atoms with van der Waals surface area (Å²) >= 11 is 1.68. The van der Waals surface area contributed by atoms with Gasteiger partial charge in [-0.15, -0.1) is 0 Å². The highest BCUT2D eigenvalue weighted by molar-refractivity contribution is 7.99. The van der Waals surface area contributed by atoms with Crippen LogP contribution in [-0.2, 0) is 6.54 Å². The Morgan fingerprint density at radius 3 is 3.06 bits per heavy atom. The van der Waals surface area contributed by atoms with Crippen LogP contribution >= 0.6 is 11.8 Å². The lowest BCUT2D eigenvalue weighted by atomic mass is 10.3. The Labute approximate surface area is 98.9 Å². The molecule has 0 aromatic carbocycles. The van der Waals surface area contributed by atoms with Crippen molar-refractivity contribution in [2.75, 3.05) is 12.3 Å². The third-order valence-corrected chi connectivity index (χ3v) is 3.14. The molecule has 0 spiro atoms. The van der Waals surface area contributed by atoms with Crippen molar-refractivity contribution in [3.05, 3.63) is 42.5 Å². The van der Waals surface area contributed by atoms with Gasteiger partial charge < -0.3 is 10.3 Å². The zero-order valence-corrected chi connectivity index (χ0v) is 9.73. The first-order valence-corrected chi connectivity index (χ1v) is 6.11. The maximum Gasteiger partial charge on any atom is 0.168 e. The molecule has 0 saturated heterocycles. The Morgan fingerprint density at radius 2 is 2.31 bits per heavy atom. The molecule has 0 aliphatic carbocycles. The summed E-state index contributed by atoms with van der Waals surface area (Å²) in [6, 6.07) is 4.00. The molecule has 5 heteroatoms. The van der Waals surface area contributed by atoms with E-state index in [1.54, 1.807) is 18.0 Å². The molecule has 2 N–H and O–H groups in total. The average molecular weight is 234 g/mol. The van der Waals surface area contributed by atoms with Crippen LogP contribution in [0.4, 0.5) is 0 Å². The van der Waals surface area contributed by atoms with Gasteiger partial charge >= 0.3 is 0 Å². The van der Waals surface area contributed by atoms with E-state index in [1.165, 1.54) is 5.56 Å². The van der Waals surface area contributed by atoms with Crippen LogP contribution in [0.25, 0.3) is 0 Å². The fraction of sp³-hybridized carbons (Fsp3) is 0.273. The van der Waals surface area contributed by atoms with Crippen molar-refractivity contribution >= 4 is 11.8 Å². The van der Waals surface area contributed by atoms with E-state index in [2.05, 4.69) is 20.6 Å². The second kappa shape index (κ2) is 5.67. The summed E-state index contributed by atoms with van der Waals surface area (Å²) in [6.07, 6.45) is 7.44. The van der Waals surface area contributed by atoms with E-state index in [0.29, 0.717) is 6.54 Å². The zero-order chi connectivity index (χ0) is 11.2. The molecule has 0 atom stereocenters. The second-order valence-corrected chi connectivity index (χ2v) is 4.40. The molecule has 0 aliphatic rings. The summed E-state index contributed by atoms with van der Waals surface area (Å²) in [5, 5.41) is 1.01. The number of hydrogen-bond acceptors (Lipinski definition) is 4. The van der Waals surface area contributed by atoms with Gasteiger partial charge in [-0.3, -0.25) is 4.98 Å². The Bertz CT molecular complexity index is 427. The van der Waals surface area contributed by atoms with Crippen molar-refractivity contribution in [2.24, 2.45) is 5.73 Å². The summed E-state index contributed by atoms with van der Waals surface area (Å²) in [4.78, 5) is 8.40. The highest BCUT2D eigenvalue weighted by Gasteiger charge is 2.03. The number of rotatable bonds is 5. The quantitative estimate of drug-likeness (QED) is 0.794. The summed E-state index contributed by atoms with van der Waals surface area (Å²) in [5.74, 6) is 0.893. The Hall–Kier alpha value is -1.33. The number of nitrogens with zero attached hydrogens (tertiary/aromatic N) is 3. The van der Waals surface area contributed by atoms with E-state index in [0.717, 1.165) is 17.5 Å². The van der Waals surface area contributed by atoms with E-state index in [4.69, 9.17) is 5.73 Å². The molecular weight excluding hydrogens is 220 g/mol. The number of thioether (sulfide) groups is 1. The minimum atomic E-state index is 0.671. The van der Waals surface area contributed by atoms with Crippen molar-refractivity contribution in [1.29, 1.82) is 0 Å². The highest BCUT2D eigenvalue weighted by atomic mass is 32.2. The molecule has 0 saturated carbocycles. The van der Waals surface area contributed by atoms with Gasteiger partial charge in [-0.25, -0.2) is 4.98 Å². The van der Waals surface area contributed by atoms with Crippen LogP contribution in [0.5, 0.6) is 0 Å². The lowest BCUT2D eigenvalue weighted by Gasteiger charge is -2.06. The van der Waals surface area contributed by atoms with E-state index in [-0.39, 0.29) is 0 Å². The lowest BCUT2D eigenvalue weighted by Crippen LogP contribution is -2.04. The van der Waals surface area contributed by atoms with Crippen LogP contribution in [-0.4, -0.2) is 26.8 Å². The second-order valence-electron chi connectivity index (χ2n) is 3.34. The summed E-state index contributed by atoms with van der Waals surface area (Å²) < 4.78 is 2.11. The van der Waals surface area contributed by atoms with Gasteiger partial charge in [0.15, 0.2) is 5.16 Å². The predicted octanol–water partition coefficient (Wildman–Crippen LogP) is 1.38. The summed E-state index contributed by atoms with van der Waals surface area (Å²) in [5.41, 5.74) is 6.66. The molecule has 84 valence electrons. The van der Waals surface area contributed by atoms with Crippen molar-refractivity contribution in [1.82, 2.24) is 14.5 Å². The largest absolute Gasteiger partial charge is 0.330 e. The van der Waals surface area contributed by atoms with Gasteiger partial charge in [0.2, 0.25) is 0 Å². The fourth-order valence-electron chi connectivity index (χ4n) is 1.39. The molecular formula is C11H14N4S. The molecule has 0 unspecified atom stereocenters. The third-order valence-electron chi connectivity index (χ3n) is 2.10. The molecule has 2 rings (SSSR count). The molecule has 2 heterocycles. The van der Waals surface area contributed by atoms with E-state index >= 15 is 0 Å². The Balaban J connectivity index is 2.07. The monoisotopic (exact) mass is 234 g/mol. The number of pyridine rings is 1. The van der Waals surface area contributed by atoms with Crippen LogP contribution in [0.3, 0.4) is 0 Å². The maximum absolute atomic E-state index is 5.48. The molecule has 4 nitrogen and oxygen atoms in total. The number of nitrogens with two attached hydrogens (primary N) is 1. The minimum Gasteiger partial charge on any atom is -0.330 e. The Kier molecular flexibility index (Phi) is 3.96. The van der Waals surface area contributed by atoms with Crippen molar-refractivity contribution in [3.63, 3.8) is 0 Å². The predicted molar refractivity (Wildman–Crippen MR) is 65.3 cm³/mol. The van der Waals surface area contributed by atoms with Gasteiger partial charge in [-0.2, -0.15) is 0 Å². The average Bonchev–Trinajstić information content (AvgIpc) is 2.75. The Morgan fingerprint density at radius 1 is 1.38 bits per heavy atom. The van der Waals surface area contributed by atoms with Gasteiger partial charge in [-0.05, 0) is 11.6 Å². The normalized spacial score (nSPS) is 10.6. The number of imidazole rings is 1. The van der Waals surface area contributed by atoms with Gasteiger partial charge in [0.1, 0.15) is 0 Å². The molecule has 0 radical (unpaired) electrons. The first-order valence-electron chi connectivity index (χ1n) is 5.13. The maximum atomic E-state index is 5.48. The summed E-state index contributed by atoms with van der Waals surface area (Å²) in [7, 11) is 0. The molecule has 2 aromatic rings. The smallest absolute Gasteiger partial charge is 0.168 e. The van der Waals surface area contributed by atoms with Crippen LogP contribution in [0.2, 0.25) is 0 Å². The SMILES string of the molecule is NCCSc1nccn1Cc1cccnc1. The van der Waals surface area contributed by atoms with E-state index in [1.807, 2.05) is 24.7 Å². The zero-order valence-electron chi connectivity index (χ0n) is 8.91. The van der Waals surface area contributed by atoms with Gasteiger partial charge in [0, 0.05) is 37.1 Å². The molecule has 16 heavy (non-hydrogen) atoms. The van der Waals surface area contributed by atoms with E-state index < -0.39 is 0 Å². The van der Waals surface area contributed by atoms with Crippen molar-refractivity contribution in [2.45, 2.75) is 11.7 Å². The van der Waals surface area contributed by atoms with Gasteiger partial charge in [0.05, 0.1) is 6.54 Å². The third kappa shape index (κ3) is 2.84. The van der Waals surface area contributed by atoms with Crippen LogP contribution in [0.1, 0.15) is 5.56 Å². The first-order chi connectivity index (χ1) is 7.90. The van der Waals surface area contributed by atoms with E-state index in [9.17, 15) is 0 Å². The standard InChI is InChI=1S/C11H14N4S/c12-3-7-16-11-14-5-6-15(11)9-10-2-1-4-13-8-10/h1-2,4-6,8H,3,7,9,12H2. The van der Waals surface area contributed by atoms with Crippen molar-refractivity contribution in [3.8, 4) is 0 Å². The molecule has 0 bridgehead atoms. The topological polar surface area (TPSA) is 56.7 Å². The fourth-order valence-corrected chi connectivity index (χ4v) is 2.12. The number of hydrogen-bond donors (Lipinski definition) is 1. The first kappa shape index (κ1) is 11.2. The van der Waals surface area contributed by atoms with Gasteiger partial charge in [0.25, 0.3) is 0 Å². The van der Waals surface area contributed by atoms with Crippen molar-refractivity contribution < 1.29 is 0 Å². The molecule has 0 amide bonds. The van der Waals surface area contributed by atoms with Crippen LogP contribution in [0, 0.1) is 0 Å². The summed E-state index contributed by atoms with van der Waals surface area (Å²) in [6.45, 7) is 1.48. The lowest BCUT2D eigenvalue weighted by molar-refractivity contribution is 0.706. The van der Waals surface area contributed by atoms with Crippen LogP contribution in [0.15, 0.2) is 42.1 Å². The van der Waals surface area contributed by atoms with Gasteiger partial charge in [-0.1, -0.05) is 17.8 Å². The molecule has 2 aromatic heterocycles. The number of aromatic nitrogens is 3. The highest BCUT2D eigenvalue weighted by Crippen LogP contribution is 2.16. The minimum absolute atomic E-state index is 0.671. The van der Waals surface area contributed by atoms with Crippen LogP contribution < -0.4 is 5.73 Å².